The van der Waals surface area contributed by atoms with Gasteiger partial charge in [-0.05, 0) is 56.1 Å². The maximum absolute atomic E-state index is 11.1. The zero-order chi connectivity index (χ0) is 15.3. The molecule has 2 rings (SSSR count). The van der Waals surface area contributed by atoms with Crippen LogP contribution in [0, 0.1) is 5.92 Å². The van der Waals surface area contributed by atoms with Gasteiger partial charge in [-0.3, -0.25) is 4.90 Å². The first-order chi connectivity index (χ1) is 9.99. The van der Waals surface area contributed by atoms with Gasteiger partial charge < -0.3 is 4.74 Å². The number of rotatable bonds is 6. The lowest BCUT2D eigenvalue weighted by atomic mass is 9.94. The van der Waals surface area contributed by atoms with Gasteiger partial charge in [-0.25, -0.2) is 13.6 Å². The van der Waals surface area contributed by atoms with E-state index in [-0.39, 0.29) is 4.90 Å². The predicted molar refractivity (Wildman–Crippen MR) is 82.8 cm³/mol. The molecule has 0 atom stereocenters. The van der Waals surface area contributed by atoms with E-state index in [0.29, 0.717) is 12.4 Å². The van der Waals surface area contributed by atoms with Gasteiger partial charge >= 0.3 is 0 Å². The van der Waals surface area contributed by atoms with Crippen LogP contribution in [0.3, 0.4) is 0 Å². The van der Waals surface area contributed by atoms with Crippen LogP contribution in [0.2, 0.25) is 0 Å². The lowest BCUT2D eigenvalue weighted by molar-refractivity contribution is 0.153. The highest BCUT2D eigenvalue weighted by Crippen LogP contribution is 2.20. The highest BCUT2D eigenvalue weighted by atomic mass is 32.2. The number of benzene rings is 1. The van der Waals surface area contributed by atoms with Gasteiger partial charge in [0.05, 0.1) is 4.90 Å². The van der Waals surface area contributed by atoms with Crippen molar-refractivity contribution in [2.75, 3.05) is 26.2 Å². The first-order valence-corrected chi connectivity index (χ1v) is 9.01. The maximum atomic E-state index is 11.1. The first-order valence-electron chi connectivity index (χ1n) is 7.47. The van der Waals surface area contributed by atoms with Crippen LogP contribution in [0.15, 0.2) is 29.2 Å². The molecule has 0 saturated carbocycles. The number of hydrogen-bond donors (Lipinski definition) is 1. The minimum atomic E-state index is -3.63. The lowest BCUT2D eigenvalue weighted by Crippen LogP contribution is -2.36. The average Bonchev–Trinajstić information content (AvgIpc) is 2.47. The second kappa shape index (κ2) is 7.24. The summed E-state index contributed by atoms with van der Waals surface area (Å²) in [6, 6.07) is 6.22. The summed E-state index contributed by atoms with van der Waals surface area (Å²) in [5.41, 5.74) is 0. The van der Waals surface area contributed by atoms with E-state index in [0.717, 1.165) is 25.6 Å². The number of nitrogens with two attached hydrogens (primary N) is 1. The predicted octanol–water partition coefficient (Wildman–Crippen LogP) is 1.83. The van der Waals surface area contributed by atoms with Gasteiger partial charge in [0.2, 0.25) is 10.0 Å². The monoisotopic (exact) mass is 312 g/mol. The van der Waals surface area contributed by atoms with Crippen molar-refractivity contribution in [3.05, 3.63) is 24.3 Å². The molecule has 0 bridgehead atoms. The Morgan fingerprint density at radius 3 is 2.38 bits per heavy atom. The molecule has 2 N–H and O–H groups in total. The van der Waals surface area contributed by atoms with E-state index in [4.69, 9.17) is 9.88 Å². The summed E-state index contributed by atoms with van der Waals surface area (Å²) in [7, 11) is -3.63. The summed E-state index contributed by atoms with van der Waals surface area (Å²) in [4.78, 5) is 2.53. The van der Waals surface area contributed by atoms with Gasteiger partial charge in [0.25, 0.3) is 0 Å². The Labute approximate surface area is 127 Å². The van der Waals surface area contributed by atoms with E-state index in [9.17, 15) is 8.42 Å². The summed E-state index contributed by atoms with van der Waals surface area (Å²) in [6.07, 6.45) is 3.83. The molecule has 5 nitrogen and oxygen atoms in total. The Hall–Kier alpha value is -1.11. The number of hydrogen-bond acceptors (Lipinski definition) is 4. The summed E-state index contributed by atoms with van der Waals surface area (Å²) in [6.45, 7) is 6.08. The SMILES string of the molecule is CCC1CCN(CCOc2ccc(S(N)(=O)=O)cc2)CC1. The molecule has 0 radical (unpaired) electrons. The van der Waals surface area contributed by atoms with Crippen molar-refractivity contribution in [2.24, 2.45) is 11.1 Å². The van der Waals surface area contributed by atoms with E-state index >= 15 is 0 Å². The van der Waals surface area contributed by atoms with Crippen LogP contribution in [0.5, 0.6) is 5.75 Å². The van der Waals surface area contributed by atoms with E-state index in [1.165, 1.54) is 31.4 Å². The molecule has 1 fully saturated rings. The van der Waals surface area contributed by atoms with E-state index < -0.39 is 10.0 Å². The first kappa shape index (κ1) is 16.3. The zero-order valence-electron chi connectivity index (χ0n) is 12.5. The van der Waals surface area contributed by atoms with Crippen LogP contribution in [-0.2, 0) is 10.0 Å². The van der Waals surface area contributed by atoms with Crippen molar-refractivity contribution < 1.29 is 13.2 Å². The summed E-state index contributed by atoms with van der Waals surface area (Å²) in [5, 5.41) is 5.05. The van der Waals surface area contributed by atoms with E-state index in [1.54, 1.807) is 12.1 Å². The van der Waals surface area contributed by atoms with E-state index in [2.05, 4.69) is 11.8 Å². The lowest BCUT2D eigenvalue weighted by Gasteiger charge is -2.31. The van der Waals surface area contributed by atoms with Crippen LogP contribution < -0.4 is 9.88 Å². The molecule has 1 aromatic carbocycles. The van der Waals surface area contributed by atoms with Crippen molar-refractivity contribution in [2.45, 2.75) is 31.1 Å². The number of sulfonamides is 1. The number of piperidine rings is 1. The molecule has 1 heterocycles. The minimum Gasteiger partial charge on any atom is -0.492 e. The van der Waals surface area contributed by atoms with Gasteiger partial charge in [-0.1, -0.05) is 13.3 Å². The number of primary sulfonamides is 1. The molecule has 0 amide bonds. The number of nitrogens with zero attached hydrogens (tertiary/aromatic N) is 1. The molecule has 1 aliphatic heterocycles. The van der Waals surface area contributed by atoms with Crippen molar-refractivity contribution in [1.82, 2.24) is 4.90 Å². The molecule has 0 spiro atoms. The second-order valence-corrected chi connectivity index (χ2v) is 7.12. The van der Waals surface area contributed by atoms with Crippen LogP contribution in [0.25, 0.3) is 0 Å². The molecule has 1 saturated heterocycles. The molecular weight excluding hydrogens is 288 g/mol. The average molecular weight is 312 g/mol. The van der Waals surface area contributed by atoms with Gasteiger partial charge in [-0.2, -0.15) is 0 Å². The Bertz CT molecular complexity index is 535. The van der Waals surface area contributed by atoms with Crippen LogP contribution >= 0.6 is 0 Å². The topological polar surface area (TPSA) is 72.6 Å². The Morgan fingerprint density at radius 1 is 1.24 bits per heavy atom. The van der Waals surface area contributed by atoms with Crippen molar-refractivity contribution in [3.8, 4) is 5.75 Å². The fraction of sp³-hybridized carbons (Fsp3) is 0.600. The number of ether oxygens (including phenoxy) is 1. The van der Waals surface area contributed by atoms with Crippen molar-refractivity contribution >= 4 is 10.0 Å². The largest absolute Gasteiger partial charge is 0.492 e. The van der Waals surface area contributed by atoms with Crippen molar-refractivity contribution in [3.63, 3.8) is 0 Å². The molecule has 0 aliphatic carbocycles. The fourth-order valence-electron chi connectivity index (χ4n) is 2.64. The van der Waals surface area contributed by atoms with Crippen molar-refractivity contribution in [1.29, 1.82) is 0 Å². The van der Waals surface area contributed by atoms with Crippen LogP contribution in [0.4, 0.5) is 0 Å². The molecule has 1 aliphatic rings. The molecule has 1 aromatic rings. The summed E-state index contributed by atoms with van der Waals surface area (Å²) in [5.74, 6) is 1.55. The third kappa shape index (κ3) is 4.98. The highest BCUT2D eigenvalue weighted by molar-refractivity contribution is 7.89. The maximum Gasteiger partial charge on any atom is 0.238 e. The van der Waals surface area contributed by atoms with E-state index in [1.807, 2.05) is 0 Å². The van der Waals surface area contributed by atoms with Gasteiger partial charge in [0.1, 0.15) is 12.4 Å². The summed E-state index contributed by atoms with van der Waals surface area (Å²) < 4.78 is 27.9. The molecule has 0 unspecified atom stereocenters. The van der Waals surface area contributed by atoms with Gasteiger partial charge in [0.15, 0.2) is 0 Å². The minimum absolute atomic E-state index is 0.108. The second-order valence-electron chi connectivity index (χ2n) is 5.56. The number of likely N-dealkylation sites (tertiary alicyclic amines) is 1. The van der Waals surface area contributed by atoms with Crippen LogP contribution in [-0.4, -0.2) is 39.6 Å². The molecule has 0 aromatic heterocycles. The normalized spacial score (nSPS) is 17.8. The fourth-order valence-corrected chi connectivity index (χ4v) is 3.15. The Balaban J connectivity index is 1.74. The smallest absolute Gasteiger partial charge is 0.238 e. The molecular formula is C15H24N2O3S. The summed E-state index contributed by atoms with van der Waals surface area (Å²) >= 11 is 0. The van der Waals surface area contributed by atoms with Gasteiger partial charge in [0, 0.05) is 6.54 Å². The Morgan fingerprint density at radius 2 is 1.86 bits per heavy atom. The van der Waals surface area contributed by atoms with Crippen LogP contribution in [0.1, 0.15) is 26.2 Å². The Kier molecular flexibility index (Phi) is 5.61. The highest BCUT2D eigenvalue weighted by Gasteiger charge is 2.17. The van der Waals surface area contributed by atoms with Gasteiger partial charge in [-0.15, -0.1) is 0 Å². The third-order valence-corrected chi connectivity index (χ3v) is 5.04. The molecule has 118 valence electrons. The quantitative estimate of drug-likeness (QED) is 0.870. The third-order valence-electron chi connectivity index (χ3n) is 4.11. The molecule has 6 heteroatoms. The molecule has 21 heavy (non-hydrogen) atoms. The zero-order valence-corrected chi connectivity index (χ0v) is 13.3. The standard InChI is InChI=1S/C15H24N2O3S/c1-2-13-7-9-17(10-8-13)11-12-20-14-3-5-15(6-4-14)21(16,18)19/h3-6,13H,2,7-12H2,1H3,(H2,16,18,19).